The first kappa shape index (κ1) is 28.4. The number of hydrogen-bond donors (Lipinski definition) is 4. The van der Waals surface area contributed by atoms with Gasteiger partial charge in [0, 0.05) is 25.8 Å². The summed E-state index contributed by atoms with van der Waals surface area (Å²) in [6, 6.07) is 2.30. The Hall–Kier alpha value is -4.15. The minimum Gasteiger partial charge on any atom is -0.379 e. The van der Waals surface area contributed by atoms with Crippen molar-refractivity contribution in [2.24, 2.45) is 0 Å². The van der Waals surface area contributed by atoms with E-state index in [0.717, 1.165) is 37.4 Å². The van der Waals surface area contributed by atoms with Crippen molar-refractivity contribution in [3.05, 3.63) is 53.6 Å². The number of rotatable bonds is 8. The van der Waals surface area contributed by atoms with Gasteiger partial charge in [-0.05, 0) is 37.2 Å². The van der Waals surface area contributed by atoms with Crippen LogP contribution in [-0.4, -0.2) is 76.4 Å². The summed E-state index contributed by atoms with van der Waals surface area (Å²) in [5.74, 6) is -1.33. The van der Waals surface area contributed by atoms with Gasteiger partial charge < -0.3 is 15.4 Å². The maximum atomic E-state index is 14.0. The first-order chi connectivity index (χ1) is 19.7. The Balaban J connectivity index is 1.25. The second kappa shape index (κ2) is 12.2. The van der Waals surface area contributed by atoms with E-state index in [0.29, 0.717) is 65.1 Å². The van der Waals surface area contributed by atoms with Gasteiger partial charge in [0.1, 0.15) is 5.82 Å². The van der Waals surface area contributed by atoms with Crippen LogP contribution >= 0.6 is 11.3 Å². The Bertz CT molecular complexity index is 1550. The number of nitrogens with zero attached hydrogens (tertiary/aromatic N) is 4. The number of pyridine rings is 1. The number of urea groups is 1. The summed E-state index contributed by atoms with van der Waals surface area (Å²) in [4.78, 5) is 36.7. The lowest BCUT2D eigenvalue weighted by atomic mass is 10.1. The third kappa shape index (κ3) is 6.96. The average Bonchev–Trinajstić information content (AvgIpc) is 3.61. The predicted molar refractivity (Wildman–Crippen MR) is 143 cm³/mol. The number of alkyl halides is 3. The highest BCUT2D eigenvalue weighted by atomic mass is 32.1. The Morgan fingerprint density at radius 2 is 1.93 bits per heavy atom. The zero-order valence-electron chi connectivity index (χ0n) is 21.3. The predicted octanol–water partition coefficient (Wildman–Crippen LogP) is 4.34. The second-order valence-electron chi connectivity index (χ2n) is 9.05. The van der Waals surface area contributed by atoms with E-state index >= 15 is 0 Å². The van der Waals surface area contributed by atoms with Crippen LogP contribution in [0.4, 0.5) is 33.2 Å². The highest BCUT2D eigenvalue weighted by Crippen LogP contribution is 2.33. The van der Waals surface area contributed by atoms with Crippen LogP contribution in [0.5, 0.6) is 0 Å². The summed E-state index contributed by atoms with van der Waals surface area (Å²) in [7, 11) is 0. The molecule has 0 bridgehead atoms. The van der Waals surface area contributed by atoms with Crippen molar-refractivity contribution in [3.8, 4) is 10.6 Å². The third-order valence-electron chi connectivity index (χ3n) is 6.23. The summed E-state index contributed by atoms with van der Waals surface area (Å²) >= 11 is 1.00. The first-order valence-electron chi connectivity index (χ1n) is 12.5. The lowest BCUT2D eigenvalue weighted by Crippen LogP contribution is -2.38. The number of carbonyl (C=O) groups is 2. The molecule has 1 aliphatic heterocycles. The number of amides is 3. The van der Waals surface area contributed by atoms with E-state index in [1.807, 2.05) is 0 Å². The average molecular weight is 593 g/mol. The van der Waals surface area contributed by atoms with Crippen molar-refractivity contribution in [2.45, 2.75) is 12.6 Å². The monoisotopic (exact) mass is 592 g/mol. The van der Waals surface area contributed by atoms with Crippen LogP contribution in [0.25, 0.3) is 21.6 Å². The van der Waals surface area contributed by atoms with Gasteiger partial charge in [-0.3, -0.25) is 20.1 Å². The van der Waals surface area contributed by atoms with Gasteiger partial charge in [0.2, 0.25) is 0 Å². The Labute approximate surface area is 234 Å². The number of fused-ring (bicyclic) bond motifs is 1. The summed E-state index contributed by atoms with van der Waals surface area (Å²) in [5.41, 5.74) is -0.633. The van der Waals surface area contributed by atoms with Crippen molar-refractivity contribution < 1.29 is 31.9 Å². The maximum Gasteiger partial charge on any atom is 0.416 e. The number of carbonyl (C=O) groups excluding carboxylic acids is 2. The number of thiazole rings is 1. The molecule has 5 rings (SSSR count). The van der Waals surface area contributed by atoms with Crippen LogP contribution in [0.1, 0.15) is 22.3 Å². The van der Waals surface area contributed by atoms with Crippen molar-refractivity contribution >= 4 is 45.1 Å². The van der Waals surface area contributed by atoms with Gasteiger partial charge in [0.25, 0.3) is 5.91 Å². The maximum absolute atomic E-state index is 14.0. The normalized spacial score (nSPS) is 14.2. The topological polar surface area (TPSA) is 137 Å². The van der Waals surface area contributed by atoms with Gasteiger partial charge in [-0.25, -0.2) is 19.2 Å². The Morgan fingerprint density at radius 3 is 2.71 bits per heavy atom. The number of morpholine rings is 1. The molecule has 0 spiro atoms. The first-order valence-corrected chi connectivity index (χ1v) is 13.3. The number of benzene rings is 1. The fourth-order valence-corrected chi connectivity index (χ4v) is 4.94. The van der Waals surface area contributed by atoms with Crippen LogP contribution in [0, 0.1) is 5.82 Å². The molecule has 216 valence electrons. The molecule has 1 fully saturated rings. The standard InChI is InChI=1S/C25H24F4N8O3S/c26-17-3-2-14(25(27,28)29)10-18(17)34-23(39)35-24-31-13-20(41-24)19-11-15(16-12-32-36-21(16)33-19)22(38)30-4-1-5-37-6-8-40-9-7-37/h2-3,10-13H,1,4-9H2,(H,30,38)(H,32,33,36)(H2,31,34,35,39). The van der Waals surface area contributed by atoms with Crippen molar-refractivity contribution in [1.29, 1.82) is 0 Å². The molecule has 11 nitrogen and oxygen atoms in total. The number of aromatic nitrogens is 4. The number of nitrogens with one attached hydrogen (secondary N) is 4. The molecule has 1 aromatic carbocycles. The van der Waals surface area contributed by atoms with Crippen molar-refractivity contribution in [1.82, 2.24) is 30.4 Å². The summed E-state index contributed by atoms with van der Waals surface area (Å²) in [6.07, 6.45) is -1.01. The molecule has 1 aliphatic rings. The zero-order chi connectivity index (χ0) is 29.0. The smallest absolute Gasteiger partial charge is 0.379 e. The summed E-state index contributed by atoms with van der Waals surface area (Å²) < 4.78 is 58.2. The van der Waals surface area contributed by atoms with Gasteiger partial charge in [0.05, 0.1) is 52.2 Å². The lowest BCUT2D eigenvalue weighted by Gasteiger charge is -2.26. The molecular weight excluding hydrogens is 568 g/mol. The van der Waals surface area contributed by atoms with Crippen LogP contribution in [0.3, 0.4) is 0 Å². The molecular formula is C25H24F4N8O3S. The van der Waals surface area contributed by atoms with Crippen molar-refractivity contribution in [3.63, 3.8) is 0 Å². The molecule has 0 atom stereocenters. The number of ether oxygens (including phenoxy) is 1. The van der Waals surface area contributed by atoms with Gasteiger partial charge in [-0.15, -0.1) is 0 Å². The molecule has 3 aromatic heterocycles. The fourth-order valence-electron chi connectivity index (χ4n) is 4.17. The number of aromatic amines is 1. The van der Waals surface area contributed by atoms with Gasteiger partial charge in [-0.2, -0.15) is 18.3 Å². The minimum atomic E-state index is -4.70. The molecule has 4 heterocycles. The Kier molecular flexibility index (Phi) is 8.41. The molecule has 4 N–H and O–H groups in total. The number of halogens is 4. The van der Waals surface area contributed by atoms with Gasteiger partial charge >= 0.3 is 12.2 Å². The fraction of sp³-hybridized carbons (Fsp3) is 0.320. The third-order valence-corrected chi connectivity index (χ3v) is 7.16. The van der Waals surface area contributed by atoms with Crippen LogP contribution in [-0.2, 0) is 10.9 Å². The number of H-pyrrole nitrogens is 1. The van der Waals surface area contributed by atoms with E-state index in [1.54, 1.807) is 6.07 Å². The summed E-state index contributed by atoms with van der Waals surface area (Å²) in [6.45, 7) is 4.47. The molecule has 41 heavy (non-hydrogen) atoms. The number of anilines is 2. The molecule has 4 aromatic rings. The van der Waals surface area contributed by atoms with E-state index in [9.17, 15) is 27.2 Å². The molecule has 0 saturated carbocycles. The van der Waals surface area contributed by atoms with E-state index in [-0.39, 0.29) is 11.0 Å². The lowest BCUT2D eigenvalue weighted by molar-refractivity contribution is -0.137. The van der Waals surface area contributed by atoms with E-state index in [1.165, 1.54) is 12.4 Å². The molecule has 0 aliphatic carbocycles. The van der Waals surface area contributed by atoms with Crippen LogP contribution < -0.4 is 16.0 Å². The summed E-state index contributed by atoms with van der Waals surface area (Å²) in [5, 5.41) is 14.7. The highest BCUT2D eigenvalue weighted by Gasteiger charge is 2.31. The van der Waals surface area contributed by atoms with E-state index < -0.39 is 29.3 Å². The largest absolute Gasteiger partial charge is 0.416 e. The number of hydrogen-bond acceptors (Lipinski definition) is 8. The molecule has 3 amide bonds. The quantitative estimate of drug-likeness (QED) is 0.177. The molecule has 0 radical (unpaired) electrons. The highest BCUT2D eigenvalue weighted by molar-refractivity contribution is 7.19. The van der Waals surface area contributed by atoms with Gasteiger partial charge in [0.15, 0.2) is 10.8 Å². The van der Waals surface area contributed by atoms with E-state index in [4.69, 9.17) is 4.74 Å². The van der Waals surface area contributed by atoms with Crippen LogP contribution in [0.15, 0.2) is 36.7 Å². The minimum absolute atomic E-state index is 0.0745. The second-order valence-corrected chi connectivity index (χ2v) is 10.1. The van der Waals surface area contributed by atoms with Gasteiger partial charge in [-0.1, -0.05) is 11.3 Å². The zero-order valence-corrected chi connectivity index (χ0v) is 22.2. The van der Waals surface area contributed by atoms with Crippen LogP contribution in [0.2, 0.25) is 0 Å². The van der Waals surface area contributed by atoms with E-state index in [2.05, 4.69) is 41.0 Å². The molecule has 16 heteroatoms. The van der Waals surface area contributed by atoms with Crippen molar-refractivity contribution in [2.75, 3.05) is 50.0 Å². The SMILES string of the molecule is O=C(Nc1ncc(-c2cc(C(=O)NCCCN3CCOCC3)c3cn[nH]c3n2)s1)Nc1cc(C(F)(F)F)ccc1F. The molecule has 1 saturated heterocycles. The molecule has 0 unspecified atom stereocenters. The Morgan fingerprint density at radius 1 is 1.12 bits per heavy atom.